The zero-order chi connectivity index (χ0) is 17.6. The van der Waals surface area contributed by atoms with Crippen molar-refractivity contribution in [2.24, 2.45) is 5.92 Å². The molecule has 1 aromatic rings. The molecular weight excluding hydrogens is 312 g/mol. The summed E-state index contributed by atoms with van der Waals surface area (Å²) in [5.41, 5.74) is 2.29. The molecule has 1 aromatic carbocycles. The molecule has 5 heteroatoms. The van der Waals surface area contributed by atoms with Crippen LogP contribution in [0, 0.1) is 26.7 Å². The number of benzene rings is 1. The third-order valence-electron chi connectivity index (χ3n) is 4.07. The number of rotatable bonds is 9. The summed E-state index contributed by atoms with van der Waals surface area (Å²) in [6, 6.07) is 3.61. The van der Waals surface area contributed by atoms with Gasteiger partial charge in [-0.2, -0.15) is 8.42 Å². The van der Waals surface area contributed by atoms with Crippen LogP contribution in [0.25, 0.3) is 0 Å². The van der Waals surface area contributed by atoms with Crippen molar-refractivity contribution in [3.05, 3.63) is 28.8 Å². The Morgan fingerprint density at radius 2 is 1.70 bits per heavy atom. The molecule has 4 nitrogen and oxygen atoms in total. The van der Waals surface area contributed by atoms with Gasteiger partial charge in [0.1, 0.15) is 6.61 Å². The van der Waals surface area contributed by atoms with Crippen LogP contribution in [0.1, 0.15) is 56.2 Å². The van der Waals surface area contributed by atoms with Crippen LogP contribution in [0.15, 0.2) is 17.0 Å². The minimum Gasteiger partial charge on any atom is -0.297 e. The number of hydrogen-bond donors (Lipinski definition) is 0. The molecule has 0 radical (unpaired) electrons. The molecule has 0 aliphatic carbocycles. The van der Waals surface area contributed by atoms with E-state index in [9.17, 15) is 13.2 Å². The van der Waals surface area contributed by atoms with Gasteiger partial charge in [0.2, 0.25) is 0 Å². The van der Waals surface area contributed by atoms with Gasteiger partial charge in [-0.25, -0.2) is 0 Å². The first-order valence-electron chi connectivity index (χ1n) is 8.22. The van der Waals surface area contributed by atoms with Gasteiger partial charge in [-0.1, -0.05) is 44.4 Å². The molecular formula is C18H28O4S. The zero-order valence-electron chi connectivity index (χ0n) is 14.8. The Kier molecular flexibility index (Phi) is 7.42. The lowest BCUT2D eigenvalue weighted by molar-refractivity contribution is -0.125. The molecule has 0 amide bonds. The molecule has 0 spiro atoms. The smallest absolute Gasteiger partial charge is 0.297 e. The normalized spacial score (nSPS) is 13.1. The summed E-state index contributed by atoms with van der Waals surface area (Å²) in [5.74, 6) is -0.252. The Morgan fingerprint density at radius 1 is 1.13 bits per heavy atom. The van der Waals surface area contributed by atoms with Crippen molar-refractivity contribution < 1.29 is 17.4 Å². The number of unbranched alkanes of at least 4 members (excludes halogenated alkanes) is 1. The summed E-state index contributed by atoms with van der Waals surface area (Å²) in [5, 5.41) is 0. The number of Topliss-reactive ketones (excluding diaryl/α,β-unsaturated/α-hetero) is 1. The van der Waals surface area contributed by atoms with Crippen molar-refractivity contribution in [2.45, 2.75) is 65.2 Å². The van der Waals surface area contributed by atoms with E-state index in [1.54, 1.807) is 26.0 Å². The highest BCUT2D eigenvalue weighted by molar-refractivity contribution is 7.86. The SMILES string of the molecule is CCCCC(CC)C(=O)COS(=O)(=O)c1c(C)cc(C)cc1C. The summed E-state index contributed by atoms with van der Waals surface area (Å²) in [6.45, 7) is 9.04. The topological polar surface area (TPSA) is 60.4 Å². The summed E-state index contributed by atoms with van der Waals surface area (Å²) in [6.07, 6.45) is 3.49. The van der Waals surface area contributed by atoms with Crippen LogP contribution in [-0.4, -0.2) is 20.8 Å². The summed E-state index contributed by atoms with van der Waals surface area (Å²) >= 11 is 0. The van der Waals surface area contributed by atoms with Gasteiger partial charge in [0, 0.05) is 5.92 Å². The first-order valence-corrected chi connectivity index (χ1v) is 9.63. The molecule has 0 saturated heterocycles. The number of carbonyl (C=O) groups is 1. The molecule has 23 heavy (non-hydrogen) atoms. The lowest BCUT2D eigenvalue weighted by Crippen LogP contribution is -2.22. The maximum atomic E-state index is 12.4. The second-order valence-electron chi connectivity index (χ2n) is 6.16. The van der Waals surface area contributed by atoms with Crippen molar-refractivity contribution in [1.82, 2.24) is 0 Å². The minimum atomic E-state index is -3.92. The standard InChI is InChI=1S/C18H28O4S/c1-6-8-9-16(7-2)17(19)12-22-23(20,21)18-14(4)10-13(3)11-15(18)5/h10-11,16H,6-9,12H2,1-5H3. The van der Waals surface area contributed by atoms with Crippen molar-refractivity contribution in [1.29, 1.82) is 0 Å². The molecule has 0 aromatic heterocycles. The van der Waals surface area contributed by atoms with E-state index < -0.39 is 10.1 Å². The fourth-order valence-corrected chi connectivity index (χ4v) is 4.21. The Morgan fingerprint density at radius 3 is 2.17 bits per heavy atom. The van der Waals surface area contributed by atoms with E-state index in [0.717, 1.165) is 24.8 Å². The zero-order valence-corrected chi connectivity index (χ0v) is 15.6. The number of hydrogen-bond acceptors (Lipinski definition) is 4. The average Bonchev–Trinajstić information content (AvgIpc) is 2.44. The monoisotopic (exact) mass is 340 g/mol. The number of ketones is 1. The second-order valence-corrected chi connectivity index (χ2v) is 7.71. The van der Waals surface area contributed by atoms with Crippen LogP contribution < -0.4 is 0 Å². The van der Waals surface area contributed by atoms with E-state index in [1.165, 1.54) is 0 Å². The number of aryl methyl sites for hydroxylation is 3. The van der Waals surface area contributed by atoms with Crippen molar-refractivity contribution in [3.8, 4) is 0 Å². The molecule has 0 saturated carbocycles. The van der Waals surface area contributed by atoms with E-state index in [1.807, 2.05) is 13.8 Å². The molecule has 0 bridgehead atoms. The fourth-order valence-electron chi connectivity index (χ4n) is 2.92. The van der Waals surface area contributed by atoms with Gasteiger partial charge in [-0.15, -0.1) is 0 Å². The van der Waals surface area contributed by atoms with Crippen molar-refractivity contribution >= 4 is 15.9 Å². The van der Waals surface area contributed by atoms with E-state index >= 15 is 0 Å². The van der Waals surface area contributed by atoms with Gasteiger partial charge in [-0.3, -0.25) is 8.98 Å². The number of carbonyl (C=O) groups excluding carboxylic acids is 1. The van der Waals surface area contributed by atoms with Gasteiger partial charge in [0.15, 0.2) is 5.78 Å². The fraction of sp³-hybridized carbons (Fsp3) is 0.611. The summed E-state index contributed by atoms with van der Waals surface area (Å²) in [4.78, 5) is 12.4. The first kappa shape index (κ1) is 19.8. The van der Waals surface area contributed by atoms with E-state index in [0.29, 0.717) is 17.5 Å². The molecule has 0 heterocycles. The highest BCUT2D eigenvalue weighted by atomic mass is 32.2. The highest BCUT2D eigenvalue weighted by Gasteiger charge is 2.24. The van der Waals surface area contributed by atoms with Crippen LogP contribution in [0.4, 0.5) is 0 Å². The maximum absolute atomic E-state index is 12.4. The first-order chi connectivity index (χ1) is 10.7. The van der Waals surface area contributed by atoms with Crippen molar-refractivity contribution in [2.75, 3.05) is 6.61 Å². The van der Waals surface area contributed by atoms with Crippen molar-refractivity contribution in [3.63, 3.8) is 0 Å². The van der Waals surface area contributed by atoms with Gasteiger partial charge < -0.3 is 0 Å². The van der Waals surface area contributed by atoms with Crippen LogP contribution in [-0.2, 0) is 19.1 Å². The average molecular weight is 340 g/mol. The molecule has 0 fully saturated rings. The van der Waals surface area contributed by atoms with Crippen LogP contribution in [0.2, 0.25) is 0 Å². The Hall–Kier alpha value is -1.20. The van der Waals surface area contributed by atoms with E-state index in [-0.39, 0.29) is 23.2 Å². The lowest BCUT2D eigenvalue weighted by Gasteiger charge is -2.15. The predicted molar refractivity (Wildman–Crippen MR) is 92.1 cm³/mol. The van der Waals surface area contributed by atoms with Crippen LogP contribution in [0.5, 0.6) is 0 Å². The Balaban J connectivity index is 2.86. The quantitative estimate of drug-likeness (QED) is 0.635. The second kappa shape index (κ2) is 8.60. The summed E-state index contributed by atoms with van der Waals surface area (Å²) in [7, 11) is -3.92. The van der Waals surface area contributed by atoms with Crippen LogP contribution >= 0.6 is 0 Å². The predicted octanol–water partition coefficient (Wildman–Crippen LogP) is 4.10. The van der Waals surface area contributed by atoms with Gasteiger partial charge in [-0.05, 0) is 44.7 Å². The molecule has 0 aliphatic heterocycles. The maximum Gasteiger partial charge on any atom is 0.297 e. The Labute approximate surface area is 140 Å². The molecule has 1 atom stereocenters. The van der Waals surface area contributed by atoms with Gasteiger partial charge in [0.25, 0.3) is 10.1 Å². The van der Waals surface area contributed by atoms with E-state index in [4.69, 9.17) is 4.18 Å². The molecule has 0 aliphatic rings. The van der Waals surface area contributed by atoms with E-state index in [2.05, 4.69) is 6.92 Å². The Bertz CT molecular complexity index is 624. The third kappa shape index (κ3) is 5.43. The molecule has 130 valence electrons. The largest absolute Gasteiger partial charge is 0.297 e. The van der Waals surface area contributed by atoms with Gasteiger partial charge >= 0.3 is 0 Å². The van der Waals surface area contributed by atoms with Crippen LogP contribution in [0.3, 0.4) is 0 Å². The molecule has 0 N–H and O–H groups in total. The molecule has 1 unspecified atom stereocenters. The van der Waals surface area contributed by atoms with Gasteiger partial charge in [0.05, 0.1) is 4.90 Å². The third-order valence-corrected chi connectivity index (χ3v) is 5.64. The molecule has 1 rings (SSSR count). The summed E-state index contributed by atoms with van der Waals surface area (Å²) < 4.78 is 29.9. The lowest BCUT2D eigenvalue weighted by atomic mass is 9.95. The minimum absolute atomic E-state index is 0.120. The highest BCUT2D eigenvalue weighted by Crippen LogP contribution is 2.24.